The maximum Gasteiger partial charge on any atom is 0.163 e. The third kappa shape index (κ3) is 2.34. The van der Waals surface area contributed by atoms with Crippen LogP contribution in [0.2, 0.25) is 0 Å². The first-order valence-electron chi connectivity index (χ1n) is 7.01. The smallest absolute Gasteiger partial charge is 0.163 e. The molecule has 2 heterocycles. The van der Waals surface area contributed by atoms with E-state index in [-0.39, 0.29) is 6.04 Å². The lowest BCUT2D eigenvalue weighted by Crippen LogP contribution is -2.12. The molecule has 3 aromatic rings. The van der Waals surface area contributed by atoms with Crippen LogP contribution in [0.1, 0.15) is 17.2 Å². The van der Waals surface area contributed by atoms with Gasteiger partial charge in [0.2, 0.25) is 0 Å². The highest BCUT2D eigenvalue weighted by molar-refractivity contribution is 7.99. The Kier molecular flexibility index (Phi) is 3.29. The summed E-state index contributed by atoms with van der Waals surface area (Å²) < 4.78 is 0. The van der Waals surface area contributed by atoms with Gasteiger partial charge in [0, 0.05) is 17.3 Å². The van der Waals surface area contributed by atoms with Crippen molar-refractivity contribution in [3.8, 4) is 0 Å². The van der Waals surface area contributed by atoms with Crippen LogP contribution in [0.15, 0.2) is 70.8 Å². The second kappa shape index (κ2) is 5.44. The van der Waals surface area contributed by atoms with Crippen LogP contribution in [0, 0.1) is 0 Å². The standard InChI is InChI=1S/C17H14N4S/c18-15(11-4-2-1-3-5-11)12-6-7-14-13(10-12)21-16-17(22-14)20-9-8-19-16/h1-10,15H,18H2,(H,19,21). The number of nitrogens with zero attached hydrogens (tertiary/aromatic N) is 2. The van der Waals surface area contributed by atoms with E-state index in [1.165, 1.54) is 0 Å². The zero-order valence-electron chi connectivity index (χ0n) is 11.7. The van der Waals surface area contributed by atoms with Crippen LogP contribution >= 0.6 is 11.8 Å². The minimum Gasteiger partial charge on any atom is -0.337 e. The Morgan fingerprint density at radius 2 is 1.77 bits per heavy atom. The Balaban J connectivity index is 1.69. The van der Waals surface area contributed by atoms with E-state index >= 15 is 0 Å². The molecule has 0 saturated carbocycles. The molecule has 0 fully saturated rings. The minimum atomic E-state index is -0.137. The Morgan fingerprint density at radius 3 is 2.64 bits per heavy atom. The molecule has 0 spiro atoms. The summed E-state index contributed by atoms with van der Waals surface area (Å²) >= 11 is 1.62. The van der Waals surface area contributed by atoms with E-state index in [2.05, 4.69) is 33.5 Å². The molecule has 1 unspecified atom stereocenters. The van der Waals surface area contributed by atoms with Gasteiger partial charge in [0.25, 0.3) is 0 Å². The fourth-order valence-electron chi connectivity index (χ4n) is 2.50. The lowest BCUT2D eigenvalue weighted by atomic mass is 9.99. The molecule has 1 atom stereocenters. The van der Waals surface area contributed by atoms with Gasteiger partial charge in [-0.1, -0.05) is 48.2 Å². The molecule has 1 aromatic heterocycles. The number of nitrogens with two attached hydrogens (primary N) is 1. The van der Waals surface area contributed by atoms with Crippen molar-refractivity contribution in [3.05, 3.63) is 72.1 Å². The number of hydrogen-bond donors (Lipinski definition) is 2. The predicted octanol–water partition coefficient (Wildman–Crippen LogP) is 3.73. The summed E-state index contributed by atoms with van der Waals surface area (Å²) in [7, 11) is 0. The minimum absolute atomic E-state index is 0.137. The van der Waals surface area contributed by atoms with Gasteiger partial charge in [-0.15, -0.1) is 0 Å². The summed E-state index contributed by atoms with van der Waals surface area (Å²) in [5.74, 6) is 0.797. The normalized spacial score (nSPS) is 13.7. The van der Waals surface area contributed by atoms with Crippen LogP contribution in [0.4, 0.5) is 11.5 Å². The predicted molar refractivity (Wildman–Crippen MR) is 88.4 cm³/mol. The number of benzene rings is 2. The fourth-order valence-corrected chi connectivity index (χ4v) is 3.38. The Labute approximate surface area is 132 Å². The van der Waals surface area contributed by atoms with E-state index in [4.69, 9.17) is 5.73 Å². The summed E-state index contributed by atoms with van der Waals surface area (Å²) in [5.41, 5.74) is 9.59. The van der Waals surface area contributed by atoms with Crippen LogP contribution in [0.3, 0.4) is 0 Å². The molecule has 4 nitrogen and oxygen atoms in total. The van der Waals surface area contributed by atoms with Crippen LogP contribution in [0.25, 0.3) is 0 Å². The molecule has 2 aromatic carbocycles. The van der Waals surface area contributed by atoms with Crippen LogP contribution in [-0.2, 0) is 0 Å². The monoisotopic (exact) mass is 306 g/mol. The number of fused-ring (bicyclic) bond motifs is 2. The molecule has 1 aliphatic heterocycles. The van der Waals surface area contributed by atoms with Gasteiger partial charge in [-0.25, -0.2) is 9.97 Å². The molecule has 4 rings (SSSR count). The highest BCUT2D eigenvalue weighted by Gasteiger charge is 2.19. The molecule has 3 N–H and O–H groups in total. The van der Waals surface area contributed by atoms with Crippen molar-refractivity contribution in [1.82, 2.24) is 9.97 Å². The third-order valence-corrected chi connectivity index (χ3v) is 4.71. The number of rotatable bonds is 2. The van der Waals surface area contributed by atoms with Gasteiger partial charge < -0.3 is 11.1 Å². The lowest BCUT2D eigenvalue weighted by molar-refractivity contribution is 0.869. The Morgan fingerprint density at radius 1 is 0.955 bits per heavy atom. The molecule has 0 bridgehead atoms. The SMILES string of the molecule is NC(c1ccccc1)c1ccc2c(c1)Nc1nccnc1S2. The molecule has 0 saturated heterocycles. The van der Waals surface area contributed by atoms with Gasteiger partial charge in [-0.2, -0.15) is 0 Å². The van der Waals surface area contributed by atoms with Crippen molar-refractivity contribution >= 4 is 23.3 Å². The first-order valence-corrected chi connectivity index (χ1v) is 7.83. The molecule has 0 amide bonds. The van der Waals surface area contributed by atoms with Crippen molar-refractivity contribution in [3.63, 3.8) is 0 Å². The highest BCUT2D eigenvalue weighted by atomic mass is 32.2. The molecular weight excluding hydrogens is 292 g/mol. The van der Waals surface area contributed by atoms with E-state index in [0.717, 1.165) is 32.6 Å². The number of nitrogens with one attached hydrogen (secondary N) is 1. The van der Waals surface area contributed by atoms with E-state index in [9.17, 15) is 0 Å². The summed E-state index contributed by atoms with van der Waals surface area (Å²) in [5, 5.41) is 4.24. The molecule has 0 aliphatic carbocycles. The fraction of sp³-hybridized carbons (Fsp3) is 0.0588. The highest BCUT2D eigenvalue weighted by Crippen LogP contribution is 2.42. The second-order valence-corrected chi connectivity index (χ2v) is 6.11. The van der Waals surface area contributed by atoms with Crippen LogP contribution in [0.5, 0.6) is 0 Å². The largest absolute Gasteiger partial charge is 0.337 e. The quantitative estimate of drug-likeness (QED) is 0.591. The summed E-state index contributed by atoms with van der Waals surface area (Å²) in [6.45, 7) is 0. The van der Waals surface area contributed by atoms with E-state index in [0.29, 0.717) is 0 Å². The third-order valence-electron chi connectivity index (χ3n) is 3.65. The maximum atomic E-state index is 6.38. The van der Waals surface area contributed by atoms with E-state index in [1.807, 2.05) is 30.3 Å². The molecule has 1 aliphatic rings. The van der Waals surface area contributed by atoms with E-state index < -0.39 is 0 Å². The van der Waals surface area contributed by atoms with E-state index in [1.54, 1.807) is 24.2 Å². The lowest BCUT2D eigenvalue weighted by Gasteiger charge is -2.21. The molecule has 108 valence electrons. The summed E-state index contributed by atoms with van der Waals surface area (Å²) in [4.78, 5) is 9.80. The van der Waals surface area contributed by atoms with Gasteiger partial charge in [0.15, 0.2) is 5.82 Å². The second-order valence-electron chi connectivity index (χ2n) is 5.08. The van der Waals surface area contributed by atoms with Crippen molar-refractivity contribution in [2.24, 2.45) is 5.73 Å². The van der Waals surface area contributed by atoms with Gasteiger partial charge in [-0.3, -0.25) is 0 Å². The molecule has 0 radical (unpaired) electrons. The number of aromatic nitrogens is 2. The summed E-state index contributed by atoms with van der Waals surface area (Å²) in [6.07, 6.45) is 3.40. The van der Waals surface area contributed by atoms with Gasteiger partial charge in [-0.05, 0) is 23.3 Å². The van der Waals surface area contributed by atoms with Gasteiger partial charge in [0.05, 0.1) is 11.7 Å². The first-order chi connectivity index (χ1) is 10.8. The van der Waals surface area contributed by atoms with Crippen molar-refractivity contribution in [1.29, 1.82) is 0 Å². The van der Waals surface area contributed by atoms with Crippen molar-refractivity contribution < 1.29 is 0 Å². The Bertz CT molecular complexity index is 820. The Hall–Kier alpha value is -2.37. The van der Waals surface area contributed by atoms with Crippen molar-refractivity contribution in [2.75, 3.05) is 5.32 Å². The molecule has 5 heteroatoms. The average Bonchev–Trinajstić information content (AvgIpc) is 2.59. The molecule has 22 heavy (non-hydrogen) atoms. The van der Waals surface area contributed by atoms with Gasteiger partial charge >= 0.3 is 0 Å². The maximum absolute atomic E-state index is 6.38. The number of anilines is 2. The average molecular weight is 306 g/mol. The zero-order valence-corrected chi connectivity index (χ0v) is 12.5. The van der Waals surface area contributed by atoms with Crippen molar-refractivity contribution in [2.45, 2.75) is 16.0 Å². The number of hydrogen-bond acceptors (Lipinski definition) is 5. The van der Waals surface area contributed by atoms with Crippen LogP contribution in [-0.4, -0.2) is 9.97 Å². The first kappa shape index (κ1) is 13.3. The van der Waals surface area contributed by atoms with Crippen LogP contribution < -0.4 is 11.1 Å². The topological polar surface area (TPSA) is 63.8 Å². The zero-order chi connectivity index (χ0) is 14.9. The summed E-state index contributed by atoms with van der Waals surface area (Å²) in [6, 6.07) is 16.2. The van der Waals surface area contributed by atoms with Gasteiger partial charge in [0.1, 0.15) is 5.03 Å². The molecular formula is C17H14N4S.